The Bertz CT molecular complexity index is 643. The third kappa shape index (κ3) is 3.53. The Labute approximate surface area is 144 Å². The summed E-state index contributed by atoms with van der Waals surface area (Å²) in [4.78, 5) is 26.8. The summed E-state index contributed by atoms with van der Waals surface area (Å²) in [5, 5.41) is 10.3. The van der Waals surface area contributed by atoms with Crippen molar-refractivity contribution >= 4 is 11.7 Å². The van der Waals surface area contributed by atoms with E-state index < -0.39 is 11.9 Å². The Morgan fingerprint density at radius 3 is 2.33 bits per heavy atom. The van der Waals surface area contributed by atoms with Gasteiger partial charge in [-0.25, -0.2) is 0 Å². The van der Waals surface area contributed by atoms with Gasteiger partial charge in [0, 0.05) is 13.0 Å². The van der Waals surface area contributed by atoms with Crippen LogP contribution >= 0.6 is 0 Å². The van der Waals surface area contributed by atoms with Gasteiger partial charge in [-0.2, -0.15) is 0 Å². The number of nitrogens with zero attached hydrogens (tertiary/aromatic N) is 1. The molecule has 1 heterocycles. The van der Waals surface area contributed by atoms with Gasteiger partial charge in [-0.15, -0.1) is 0 Å². The zero-order valence-corrected chi connectivity index (χ0v) is 15.0. The molecule has 1 amide bonds. The van der Waals surface area contributed by atoms with Gasteiger partial charge in [0.1, 0.15) is 0 Å². The van der Waals surface area contributed by atoms with Crippen LogP contribution in [0.4, 0.5) is 0 Å². The van der Waals surface area contributed by atoms with E-state index in [4.69, 9.17) is 0 Å². The van der Waals surface area contributed by atoms with E-state index >= 15 is 0 Å². The molecule has 1 atom stereocenters. The van der Waals surface area contributed by atoms with Gasteiger partial charge < -0.3 is 10.0 Å². The number of amides is 1. The van der Waals surface area contributed by atoms with E-state index in [1.165, 1.54) is 5.56 Å². The Morgan fingerprint density at radius 1 is 1.21 bits per heavy atom. The minimum Gasteiger partial charge on any atom is -0.503 e. The Balaban J connectivity index is 2.46. The van der Waals surface area contributed by atoms with Crippen molar-refractivity contribution in [3.8, 4) is 0 Å². The number of aliphatic hydroxyl groups excluding tert-OH is 1. The first-order valence-corrected chi connectivity index (χ1v) is 8.76. The molecular formula is C20H27NO3. The number of benzene rings is 1. The average molecular weight is 329 g/mol. The number of carbonyl (C=O) groups excluding carboxylic acids is 2. The molecule has 1 unspecified atom stereocenters. The molecule has 0 aromatic heterocycles. The van der Waals surface area contributed by atoms with Crippen molar-refractivity contribution in [2.45, 2.75) is 53.0 Å². The van der Waals surface area contributed by atoms with Crippen LogP contribution in [0.3, 0.4) is 0 Å². The molecule has 1 aliphatic rings. The molecular weight excluding hydrogens is 302 g/mol. The first-order valence-electron chi connectivity index (χ1n) is 8.76. The van der Waals surface area contributed by atoms with E-state index in [0.29, 0.717) is 13.0 Å². The molecule has 130 valence electrons. The number of rotatable bonds is 7. The van der Waals surface area contributed by atoms with Gasteiger partial charge in [0.15, 0.2) is 11.5 Å². The zero-order chi connectivity index (χ0) is 17.9. The zero-order valence-electron chi connectivity index (χ0n) is 15.0. The molecule has 1 aliphatic heterocycles. The second-order valence-corrected chi connectivity index (χ2v) is 6.78. The van der Waals surface area contributed by atoms with Gasteiger partial charge >= 0.3 is 0 Å². The minimum atomic E-state index is -0.477. The molecule has 4 heteroatoms. The summed E-state index contributed by atoms with van der Waals surface area (Å²) in [6, 6.07) is 7.48. The molecule has 0 radical (unpaired) electrons. The monoisotopic (exact) mass is 329 g/mol. The van der Waals surface area contributed by atoms with Crippen LogP contribution in [0.15, 0.2) is 35.6 Å². The summed E-state index contributed by atoms with van der Waals surface area (Å²) in [5.41, 5.74) is 2.34. The highest BCUT2D eigenvalue weighted by Crippen LogP contribution is 2.38. The maximum absolute atomic E-state index is 12.7. The lowest BCUT2D eigenvalue weighted by molar-refractivity contribution is -0.129. The Hall–Kier alpha value is -2.10. The molecule has 2 rings (SSSR count). The number of ketones is 1. The van der Waals surface area contributed by atoms with Crippen molar-refractivity contribution in [3.05, 3.63) is 46.7 Å². The smallest absolute Gasteiger partial charge is 0.290 e. The van der Waals surface area contributed by atoms with Gasteiger partial charge in [0.05, 0.1) is 11.6 Å². The highest BCUT2D eigenvalue weighted by atomic mass is 16.3. The fraction of sp³-hybridized carbons (Fsp3) is 0.500. The van der Waals surface area contributed by atoms with Crippen LogP contribution in [-0.4, -0.2) is 28.2 Å². The minimum absolute atomic E-state index is 0.140. The van der Waals surface area contributed by atoms with Crippen molar-refractivity contribution < 1.29 is 14.7 Å². The fourth-order valence-corrected chi connectivity index (χ4v) is 3.17. The lowest BCUT2D eigenvalue weighted by Crippen LogP contribution is -2.31. The predicted octanol–water partition coefficient (Wildman–Crippen LogP) is 3.97. The highest BCUT2D eigenvalue weighted by molar-refractivity contribution is 6.09. The molecule has 0 saturated heterocycles. The summed E-state index contributed by atoms with van der Waals surface area (Å²) in [6.07, 6.45) is 2.03. The van der Waals surface area contributed by atoms with Gasteiger partial charge in [0.25, 0.3) is 5.91 Å². The molecule has 0 aliphatic carbocycles. The largest absolute Gasteiger partial charge is 0.503 e. The number of hydrogen-bond donors (Lipinski definition) is 1. The topological polar surface area (TPSA) is 57.6 Å². The molecule has 0 bridgehead atoms. The lowest BCUT2D eigenvalue weighted by atomic mass is 9.91. The first-order chi connectivity index (χ1) is 11.4. The fourth-order valence-electron chi connectivity index (χ4n) is 3.17. The van der Waals surface area contributed by atoms with E-state index in [2.05, 4.69) is 6.92 Å². The number of hydrogen-bond acceptors (Lipinski definition) is 3. The van der Waals surface area contributed by atoms with E-state index in [0.717, 1.165) is 18.4 Å². The maximum Gasteiger partial charge on any atom is 0.290 e. The van der Waals surface area contributed by atoms with Crippen molar-refractivity contribution in [2.24, 2.45) is 5.92 Å². The molecule has 0 saturated carbocycles. The molecule has 4 nitrogen and oxygen atoms in total. The number of Topliss-reactive ketones (excluding diaryl/α,β-unsaturated/α-hetero) is 1. The van der Waals surface area contributed by atoms with E-state index in [1.54, 1.807) is 4.90 Å². The highest BCUT2D eigenvalue weighted by Gasteiger charge is 2.42. The standard InChI is InChI=1S/C20H27NO3/c1-5-11-21-18(15-9-7-14(6-2)8-10-15)17(19(23)20(21)24)16(22)12-13(3)4/h7-10,13,18,23H,5-6,11-12H2,1-4H3. The second-order valence-electron chi connectivity index (χ2n) is 6.78. The predicted molar refractivity (Wildman–Crippen MR) is 94.7 cm³/mol. The van der Waals surface area contributed by atoms with Crippen molar-refractivity contribution in [1.29, 1.82) is 0 Å². The quantitative estimate of drug-likeness (QED) is 0.823. The van der Waals surface area contributed by atoms with Crippen molar-refractivity contribution in [2.75, 3.05) is 6.54 Å². The number of aryl methyl sites for hydroxylation is 1. The first kappa shape index (κ1) is 18.2. The van der Waals surface area contributed by atoms with E-state index in [1.807, 2.05) is 45.0 Å². The van der Waals surface area contributed by atoms with E-state index in [-0.39, 0.29) is 23.0 Å². The van der Waals surface area contributed by atoms with E-state index in [9.17, 15) is 14.7 Å². The molecule has 24 heavy (non-hydrogen) atoms. The summed E-state index contributed by atoms with van der Waals surface area (Å²) >= 11 is 0. The third-order valence-electron chi connectivity index (χ3n) is 4.37. The maximum atomic E-state index is 12.7. The summed E-state index contributed by atoms with van der Waals surface area (Å²) < 4.78 is 0. The SMILES string of the molecule is CCCN1C(=O)C(O)=C(C(=O)CC(C)C)C1c1ccc(CC)cc1. The van der Waals surface area contributed by atoms with Crippen LogP contribution in [0.5, 0.6) is 0 Å². The summed E-state index contributed by atoms with van der Waals surface area (Å²) in [5.74, 6) is -0.776. The third-order valence-corrected chi connectivity index (χ3v) is 4.37. The number of aliphatic hydroxyl groups is 1. The van der Waals surface area contributed by atoms with Crippen molar-refractivity contribution in [3.63, 3.8) is 0 Å². The van der Waals surface area contributed by atoms with Crippen LogP contribution < -0.4 is 0 Å². The van der Waals surface area contributed by atoms with Gasteiger partial charge in [-0.1, -0.05) is 52.0 Å². The van der Waals surface area contributed by atoms with Crippen LogP contribution in [0, 0.1) is 5.92 Å². The van der Waals surface area contributed by atoms with Gasteiger partial charge in [-0.3, -0.25) is 9.59 Å². The molecule has 1 aromatic carbocycles. The normalized spacial score (nSPS) is 18.0. The Kier molecular flexibility index (Phi) is 5.81. The van der Waals surface area contributed by atoms with Crippen LogP contribution in [0.25, 0.3) is 0 Å². The Morgan fingerprint density at radius 2 is 1.83 bits per heavy atom. The molecule has 0 spiro atoms. The molecule has 1 N–H and O–H groups in total. The molecule has 1 aromatic rings. The molecule has 0 fully saturated rings. The number of carbonyl (C=O) groups is 2. The summed E-state index contributed by atoms with van der Waals surface area (Å²) in [6.45, 7) is 8.50. The lowest BCUT2D eigenvalue weighted by Gasteiger charge is -2.26. The van der Waals surface area contributed by atoms with Gasteiger partial charge in [-0.05, 0) is 29.9 Å². The van der Waals surface area contributed by atoms with Gasteiger partial charge in [0.2, 0.25) is 0 Å². The van der Waals surface area contributed by atoms with Crippen LogP contribution in [0.1, 0.15) is 57.7 Å². The second kappa shape index (κ2) is 7.65. The summed E-state index contributed by atoms with van der Waals surface area (Å²) in [7, 11) is 0. The van der Waals surface area contributed by atoms with Crippen molar-refractivity contribution in [1.82, 2.24) is 4.90 Å². The van der Waals surface area contributed by atoms with Crippen LogP contribution in [-0.2, 0) is 16.0 Å². The average Bonchev–Trinajstić information content (AvgIpc) is 2.79. The van der Waals surface area contributed by atoms with Crippen LogP contribution in [0.2, 0.25) is 0 Å².